The summed E-state index contributed by atoms with van der Waals surface area (Å²) >= 11 is 0. The summed E-state index contributed by atoms with van der Waals surface area (Å²) in [5.41, 5.74) is 2.48. The molecule has 0 fully saturated rings. The summed E-state index contributed by atoms with van der Waals surface area (Å²) < 4.78 is 30.9. The van der Waals surface area contributed by atoms with Crippen LogP contribution < -0.4 is 5.32 Å². The van der Waals surface area contributed by atoms with E-state index < -0.39 is 26.2 Å². The zero-order valence-electron chi connectivity index (χ0n) is 13.7. The highest BCUT2D eigenvalue weighted by atomic mass is 32.2. The number of hydrogen-bond donors (Lipinski definition) is 1. The number of aryl methyl sites for hydroxylation is 2. The normalized spacial score (nSPS) is 18.7. The molecule has 1 N–H and O–H groups in total. The molecule has 2 atom stereocenters. The van der Waals surface area contributed by atoms with Crippen molar-refractivity contribution in [3.63, 3.8) is 0 Å². The monoisotopic (exact) mass is 348 g/mol. The molecule has 0 spiro atoms. The maximum atomic E-state index is 13.0. The number of rotatable bonds is 4. The molecule has 7 heteroatoms. The van der Waals surface area contributed by atoms with Crippen LogP contribution in [0.2, 0.25) is 0 Å². The largest absolute Gasteiger partial charge is 0.338 e. The second-order valence-electron chi connectivity index (χ2n) is 6.13. The average Bonchev–Trinajstić information content (AvgIpc) is 2.98. The molecule has 1 aliphatic carbocycles. The number of benzene rings is 1. The van der Waals surface area contributed by atoms with E-state index in [1.807, 2.05) is 24.3 Å². The number of nitrogens with one attached hydrogen (secondary N) is 1. The van der Waals surface area contributed by atoms with E-state index in [2.05, 4.69) is 10.5 Å². The maximum absolute atomic E-state index is 13.0. The predicted octanol–water partition coefficient (Wildman–Crippen LogP) is 2.80. The van der Waals surface area contributed by atoms with Crippen molar-refractivity contribution in [1.82, 2.24) is 5.16 Å². The van der Waals surface area contributed by atoms with E-state index in [1.165, 1.54) is 6.92 Å². The van der Waals surface area contributed by atoms with E-state index in [0.29, 0.717) is 12.1 Å². The highest BCUT2D eigenvalue weighted by Crippen LogP contribution is 2.37. The first-order valence-electron chi connectivity index (χ1n) is 7.94. The first-order chi connectivity index (χ1) is 11.4. The third-order valence-corrected chi connectivity index (χ3v) is 6.93. The van der Waals surface area contributed by atoms with Gasteiger partial charge >= 0.3 is 0 Å². The number of anilines is 1. The third kappa shape index (κ3) is 3.08. The first-order valence-corrected chi connectivity index (χ1v) is 9.55. The zero-order chi connectivity index (χ0) is 17.3. The van der Waals surface area contributed by atoms with Crippen molar-refractivity contribution in [2.75, 3.05) is 5.32 Å². The number of carbonyl (C=O) groups is 1. The smallest absolute Gasteiger partial charge is 0.244 e. The SMILES string of the molecule is Cc1cc(NC(=O)[C@H](C)S(=O)(=O)[C@@H]2CCCc3ccccc32)on1. The molecule has 0 saturated heterocycles. The van der Waals surface area contributed by atoms with Crippen molar-refractivity contribution in [2.45, 2.75) is 43.6 Å². The molecule has 0 aliphatic heterocycles. The fourth-order valence-electron chi connectivity index (χ4n) is 3.09. The lowest BCUT2D eigenvalue weighted by atomic mass is 9.91. The topological polar surface area (TPSA) is 89.3 Å². The van der Waals surface area contributed by atoms with Gasteiger partial charge in [0.05, 0.1) is 10.9 Å². The Labute approximate surface area is 141 Å². The van der Waals surface area contributed by atoms with Gasteiger partial charge in [0.25, 0.3) is 0 Å². The van der Waals surface area contributed by atoms with Gasteiger partial charge in [0, 0.05) is 6.07 Å². The van der Waals surface area contributed by atoms with Crippen LogP contribution >= 0.6 is 0 Å². The van der Waals surface area contributed by atoms with Crippen molar-refractivity contribution in [2.24, 2.45) is 0 Å². The van der Waals surface area contributed by atoms with E-state index in [0.717, 1.165) is 24.0 Å². The molecule has 1 amide bonds. The lowest BCUT2D eigenvalue weighted by Gasteiger charge is -2.27. The molecule has 0 radical (unpaired) electrons. The minimum atomic E-state index is -3.66. The van der Waals surface area contributed by atoms with Gasteiger partial charge in [-0.1, -0.05) is 29.4 Å². The average molecular weight is 348 g/mol. The van der Waals surface area contributed by atoms with Crippen LogP contribution in [0.5, 0.6) is 0 Å². The molecule has 1 aromatic carbocycles. The van der Waals surface area contributed by atoms with Crippen LogP contribution in [-0.2, 0) is 21.1 Å². The van der Waals surface area contributed by atoms with E-state index in [-0.39, 0.29) is 5.88 Å². The maximum Gasteiger partial charge on any atom is 0.244 e. The molecule has 1 aliphatic rings. The molecule has 2 aromatic rings. The van der Waals surface area contributed by atoms with Crippen molar-refractivity contribution in [1.29, 1.82) is 0 Å². The highest BCUT2D eigenvalue weighted by molar-refractivity contribution is 7.93. The summed E-state index contributed by atoms with van der Waals surface area (Å²) in [6.07, 6.45) is 2.22. The number of nitrogens with zero attached hydrogens (tertiary/aromatic N) is 1. The molecular weight excluding hydrogens is 328 g/mol. The van der Waals surface area contributed by atoms with Gasteiger partial charge in [0.2, 0.25) is 11.8 Å². The molecule has 1 aromatic heterocycles. The number of aromatic nitrogens is 1. The van der Waals surface area contributed by atoms with Gasteiger partial charge in [-0.2, -0.15) is 0 Å². The van der Waals surface area contributed by atoms with Gasteiger partial charge in [0.1, 0.15) is 5.25 Å². The van der Waals surface area contributed by atoms with Crippen LogP contribution in [0.25, 0.3) is 0 Å². The van der Waals surface area contributed by atoms with Crippen LogP contribution in [0.1, 0.15) is 41.8 Å². The summed E-state index contributed by atoms with van der Waals surface area (Å²) in [6, 6.07) is 9.11. The Bertz CT molecular complexity index is 857. The fraction of sp³-hybridized carbons (Fsp3) is 0.412. The summed E-state index contributed by atoms with van der Waals surface area (Å²) in [7, 11) is -3.66. The number of sulfone groups is 1. The molecular formula is C17H20N2O4S. The van der Waals surface area contributed by atoms with E-state index >= 15 is 0 Å². The van der Waals surface area contributed by atoms with E-state index in [4.69, 9.17) is 4.52 Å². The zero-order valence-corrected chi connectivity index (χ0v) is 14.5. The number of fused-ring (bicyclic) bond motifs is 1. The van der Waals surface area contributed by atoms with Crippen LogP contribution in [0.15, 0.2) is 34.9 Å². The van der Waals surface area contributed by atoms with Crippen LogP contribution in [-0.4, -0.2) is 24.7 Å². The van der Waals surface area contributed by atoms with Crippen LogP contribution in [0.3, 0.4) is 0 Å². The Balaban J connectivity index is 1.84. The second-order valence-corrected chi connectivity index (χ2v) is 8.59. The summed E-state index contributed by atoms with van der Waals surface area (Å²) in [5, 5.41) is 4.35. The Morgan fingerprint density at radius 3 is 2.83 bits per heavy atom. The Morgan fingerprint density at radius 2 is 2.12 bits per heavy atom. The minimum Gasteiger partial charge on any atom is -0.338 e. The Hall–Kier alpha value is -2.15. The van der Waals surface area contributed by atoms with E-state index in [9.17, 15) is 13.2 Å². The fourth-order valence-corrected chi connectivity index (χ4v) is 5.02. The second kappa shape index (κ2) is 6.39. The molecule has 128 valence electrons. The molecule has 0 saturated carbocycles. The third-order valence-electron chi connectivity index (χ3n) is 4.45. The molecule has 0 unspecified atom stereocenters. The standard InChI is InChI=1S/C17H20N2O4S/c1-11-10-16(23-19-11)18-17(20)12(2)24(21,22)15-9-5-7-13-6-3-4-8-14(13)15/h3-4,6,8,10,12,15H,5,7,9H2,1-2H3,(H,18,20)/t12-,15+/m0/s1. The summed E-state index contributed by atoms with van der Waals surface area (Å²) in [5.74, 6) is -0.446. The highest BCUT2D eigenvalue weighted by Gasteiger charge is 2.38. The number of carbonyl (C=O) groups excluding carboxylic acids is 1. The summed E-state index contributed by atoms with van der Waals surface area (Å²) in [4.78, 5) is 12.3. The lowest BCUT2D eigenvalue weighted by Crippen LogP contribution is -2.36. The Morgan fingerprint density at radius 1 is 1.38 bits per heavy atom. The molecule has 0 bridgehead atoms. The molecule has 3 rings (SSSR count). The van der Waals surface area contributed by atoms with Gasteiger partial charge in [-0.25, -0.2) is 8.42 Å². The van der Waals surface area contributed by atoms with E-state index in [1.54, 1.807) is 13.0 Å². The molecule has 1 heterocycles. The predicted molar refractivity (Wildman–Crippen MR) is 90.4 cm³/mol. The Kier molecular flexibility index (Phi) is 4.45. The van der Waals surface area contributed by atoms with Crippen molar-refractivity contribution in [3.8, 4) is 0 Å². The van der Waals surface area contributed by atoms with Crippen molar-refractivity contribution >= 4 is 21.6 Å². The molecule has 6 nitrogen and oxygen atoms in total. The van der Waals surface area contributed by atoms with Gasteiger partial charge in [-0.3, -0.25) is 10.1 Å². The summed E-state index contributed by atoms with van der Waals surface area (Å²) in [6.45, 7) is 3.14. The van der Waals surface area contributed by atoms with Crippen molar-refractivity contribution in [3.05, 3.63) is 47.2 Å². The molecule has 24 heavy (non-hydrogen) atoms. The van der Waals surface area contributed by atoms with Gasteiger partial charge < -0.3 is 4.52 Å². The van der Waals surface area contributed by atoms with Gasteiger partial charge in [0.15, 0.2) is 9.84 Å². The van der Waals surface area contributed by atoms with Gasteiger partial charge in [-0.15, -0.1) is 0 Å². The van der Waals surface area contributed by atoms with Crippen LogP contribution in [0, 0.1) is 6.92 Å². The quantitative estimate of drug-likeness (QED) is 0.918. The van der Waals surface area contributed by atoms with Crippen LogP contribution in [0.4, 0.5) is 5.88 Å². The first kappa shape index (κ1) is 16.7. The number of hydrogen-bond acceptors (Lipinski definition) is 5. The number of amides is 1. The van der Waals surface area contributed by atoms with Gasteiger partial charge in [-0.05, 0) is 44.2 Å². The van der Waals surface area contributed by atoms with Crippen molar-refractivity contribution < 1.29 is 17.7 Å². The minimum absolute atomic E-state index is 0.156. The lowest BCUT2D eigenvalue weighted by molar-refractivity contribution is -0.115.